The van der Waals surface area contributed by atoms with Crippen LogP contribution in [0.2, 0.25) is 0 Å². The molecule has 0 fully saturated rings. The molecule has 9 nitrogen and oxygen atoms in total. The fourth-order valence-corrected chi connectivity index (χ4v) is 0.0779. The second-order valence-corrected chi connectivity index (χ2v) is 1.19. The number of amides is 4. The Morgan fingerprint density at radius 1 is 1.25 bits per heavy atom. The van der Waals surface area contributed by atoms with Crippen LogP contribution in [0.4, 0.5) is 9.59 Å². The number of rotatable bonds is 1. The maximum absolute atomic E-state index is 9.60. The molecule has 68 valence electrons. The summed E-state index contributed by atoms with van der Waals surface area (Å²) in [5.74, 6) is 4.45. The second-order valence-electron chi connectivity index (χ2n) is 1.19. The van der Waals surface area contributed by atoms with Gasteiger partial charge in [0.15, 0.2) is 0 Å². The fraction of sp³-hybridized carbons (Fsp3) is 0. The Balaban J connectivity index is 0. The lowest BCUT2D eigenvalue weighted by molar-refractivity contribution is 0.248. The molecule has 0 aliphatic rings. The van der Waals surface area contributed by atoms with Crippen molar-refractivity contribution in [2.24, 2.45) is 22.4 Å². The molecule has 0 aliphatic carbocycles. The zero-order chi connectivity index (χ0) is 9.98. The Labute approximate surface area is 66.9 Å². The predicted molar refractivity (Wildman–Crippen MR) is 37.7 cm³/mol. The minimum absolute atomic E-state index is 0.718. The summed E-state index contributed by atoms with van der Waals surface area (Å²) in [4.78, 5) is 28.1. The summed E-state index contributed by atoms with van der Waals surface area (Å²) in [5, 5.41) is 2.64. The molecule has 8 N–H and O–H groups in total. The van der Waals surface area contributed by atoms with Crippen LogP contribution in [0.3, 0.4) is 0 Å². The van der Waals surface area contributed by atoms with Gasteiger partial charge >= 0.3 is 12.1 Å². The number of hydrogen-bond acceptors (Lipinski definition) is 5. The van der Waals surface area contributed by atoms with Crippen molar-refractivity contribution in [1.29, 1.82) is 0 Å². The lowest BCUT2D eigenvalue weighted by atomic mass is 11.1. The third-order valence-electron chi connectivity index (χ3n) is 0.354. The zero-order valence-electron chi connectivity index (χ0n) is 5.90. The number of isocyanates is 1. The molecule has 0 unspecified atom stereocenters. The highest BCUT2D eigenvalue weighted by atomic mass is 16.2. The summed E-state index contributed by atoms with van der Waals surface area (Å²) in [5.41, 5.74) is 12.2. The normalized spacial score (nSPS) is 6.42. The molecule has 0 aliphatic heterocycles. The maximum Gasteiger partial charge on any atom is 0.333 e. The molecular weight excluding hydrogens is 168 g/mol. The number of hydrazone groups is 1. The Morgan fingerprint density at radius 2 is 1.67 bits per heavy atom. The van der Waals surface area contributed by atoms with Gasteiger partial charge in [0, 0.05) is 0 Å². The number of carbonyl (C=O) groups excluding carboxylic acids is 3. The van der Waals surface area contributed by atoms with E-state index >= 15 is 0 Å². The van der Waals surface area contributed by atoms with Crippen LogP contribution in [-0.2, 0) is 4.79 Å². The Bertz CT molecular complexity index is 196. The standard InChI is InChI=1S/C2H3N3O2.CH5N3O/c3-2(7)5-4-1-6;2-1(5)4-3/h(H3,3,5,7);3H2,(H3,2,4,5). The van der Waals surface area contributed by atoms with E-state index < -0.39 is 12.1 Å². The van der Waals surface area contributed by atoms with Gasteiger partial charge < -0.3 is 11.5 Å². The third-order valence-corrected chi connectivity index (χ3v) is 0.354. The summed E-state index contributed by atoms with van der Waals surface area (Å²) in [6.07, 6.45) is 1.06. The van der Waals surface area contributed by atoms with Crippen molar-refractivity contribution in [2.45, 2.75) is 0 Å². The van der Waals surface area contributed by atoms with Crippen LogP contribution in [0.1, 0.15) is 0 Å². The molecule has 0 saturated carbocycles. The summed E-state index contributed by atoms with van der Waals surface area (Å²) < 4.78 is 0. The van der Waals surface area contributed by atoms with E-state index in [1.807, 2.05) is 0 Å². The summed E-state index contributed by atoms with van der Waals surface area (Å²) >= 11 is 0. The van der Waals surface area contributed by atoms with Crippen molar-refractivity contribution >= 4 is 18.1 Å². The van der Waals surface area contributed by atoms with Gasteiger partial charge in [-0.25, -0.2) is 25.7 Å². The Hall–Kier alpha value is -2.12. The van der Waals surface area contributed by atoms with Crippen molar-refractivity contribution in [3.63, 3.8) is 0 Å². The van der Waals surface area contributed by atoms with Crippen molar-refractivity contribution in [2.75, 3.05) is 0 Å². The van der Waals surface area contributed by atoms with Gasteiger partial charge in [0.1, 0.15) is 0 Å². The van der Waals surface area contributed by atoms with Gasteiger partial charge in [-0.1, -0.05) is 5.10 Å². The van der Waals surface area contributed by atoms with E-state index in [1.54, 1.807) is 10.9 Å². The largest absolute Gasteiger partial charge is 0.351 e. The summed E-state index contributed by atoms with van der Waals surface area (Å²) in [6, 6.07) is -1.59. The maximum atomic E-state index is 9.60. The summed E-state index contributed by atoms with van der Waals surface area (Å²) in [6.45, 7) is 0. The van der Waals surface area contributed by atoms with Gasteiger partial charge in [0.25, 0.3) is 6.08 Å². The van der Waals surface area contributed by atoms with Crippen LogP contribution in [-0.4, -0.2) is 18.1 Å². The smallest absolute Gasteiger partial charge is 0.333 e. The highest BCUT2D eigenvalue weighted by molar-refractivity contribution is 5.71. The molecule has 0 bridgehead atoms. The molecule has 0 atom stereocenters. The van der Waals surface area contributed by atoms with E-state index in [9.17, 15) is 9.59 Å². The van der Waals surface area contributed by atoms with Crippen LogP contribution in [0.25, 0.3) is 0 Å². The Morgan fingerprint density at radius 3 is 1.75 bits per heavy atom. The van der Waals surface area contributed by atoms with Crippen LogP contribution in [0.5, 0.6) is 0 Å². The van der Waals surface area contributed by atoms with Gasteiger partial charge in [0.2, 0.25) is 0 Å². The van der Waals surface area contributed by atoms with E-state index in [4.69, 9.17) is 4.79 Å². The average Bonchev–Trinajstić information content (AvgIpc) is 2.02. The first kappa shape index (κ1) is 12.5. The number of urea groups is 2. The highest BCUT2D eigenvalue weighted by Gasteiger charge is 1.79. The molecule has 0 aromatic carbocycles. The number of nitrogens with one attached hydrogen (secondary N) is 2. The molecule has 0 aromatic rings. The van der Waals surface area contributed by atoms with Crippen LogP contribution in [0.15, 0.2) is 5.10 Å². The first-order valence-electron chi connectivity index (χ1n) is 2.43. The number of primary amides is 2. The molecule has 4 amide bonds. The highest BCUT2D eigenvalue weighted by Crippen LogP contribution is 1.49. The zero-order valence-corrected chi connectivity index (χ0v) is 5.90. The molecule has 0 rings (SSSR count). The quantitative estimate of drug-likeness (QED) is 0.0974. The van der Waals surface area contributed by atoms with Crippen molar-refractivity contribution < 1.29 is 14.4 Å². The van der Waals surface area contributed by atoms with Gasteiger partial charge in [-0.3, -0.25) is 5.43 Å². The van der Waals surface area contributed by atoms with Gasteiger partial charge in [-0.05, 0) is 0 Å². The molecule has 0 saturated heterocycles. The molecule has 0 aromatic heterocycles. The fourth-order valence-electron chi connectivity index (χ4n) is 0.0779. The molecule has 12 heavy (non-hydrogen) atoms. The van der Waals surface area contributed by atoms with Gasteiger partial charge in [0.05, 0.1) is 0 Å². The average molecular weight is 176 g/mol. The van der Waals surface area contributed by atoms with Crippen molar-refractivity contribution in [3.05, 3.63) is 0 Å². The topological polar surface area (TPSA) is 166 Å². The van der Waals surface area contributed by atoms with Gasteiger partial charge in [-0.2, -0.15) is 0 Å². The molecule has 0 radical (unpaired) electrons. The number of hydrazine groups is 1. The minimum atomic E-state index is -0.872. The predicted octanol–water partition coefficient (Wildman–Crippen LogP) is -2.57. The molecular formula is C3H8N6O3. The minimum Gasteiger partial charge on any atom is -0.351 e. The molecule has 0 heterocycles. The first-order valence-corrected chi connectivity index (χ1v) is 2.43. The molecule has 0 spiro atoms. The molecule has 9 heteroatoms. The second kappa shape index (κ2) is 8.88. The lowest BCUT2D eigenvalue weighted by Crippen LogP contribution is -2.34. The van der Waals surface area contributed by atoms with Gasteiger partial charge in [-0.15, -0.1) is 0 Å². The van der Waals surface area contributed by atoms with E-state index in [2.05, 4.69) is 22.4 Å². The van der Waals surface area contributed by atoms with Crippen molar-refractivity contribution in [1.82, 2.24) is 10.9 Å². The van der Waals surface area contributed by atoms with E-state index in [1.165, 1.54) is 0 Å². The number of carbonyl (C=O) groups is 2. The number of nitrogens with zero attached hydrogens (tertiary/aromatic N) is 1. The SMILES string of the molecule is NC(=O)NN=C=O.NNC(N)=O. The third kappa shape index (κ3) is 24.8. The van der Waals surface area contributed by atoms with E-state index in [0.717, 1.165) is 6.08 Å². The Kier molecular flexibility index (Phi) is 9.28. The van der Waals surface area contributed by atoms with Crippen LogP contribution in [0, 0.1) is 0 Å². The lowest BCUT2D eigenvalue weighted by Gasteiger charge is -1.81. The monoisotopic (exact) mass is 176 g/mol. The number of nitrogens with two attached hydrogens (primary N) is 3. The number of hydrogen-bond donors (Lipinski definition) is 5. The van der Waals surface area contributed by atoms with Crippen molar-refractivity contribution in [3.8, 4) is 0 Å². The summed E-state index contributed by atoms with van der Waals surface area (Å²) in [7, 11) is 0. The van der Waals surface area contributed by atoms with Crippen LogP contribution >= 0.6 is 0 Å². The first-order chi connectivity index (χ1) is 5.54. The van der Waals surface area contributed by atoms with E-state index in [-0.39, 0.29) is 0 Å². The van der Waals surface area contributed by atoms with E-state index in [0.29, 0.717) is 0 Å². The van der Waals surface area contributed by atoms with Crippen LogP contribution < -0.4 is 28.2 Å².